The van der Waals surface area contributed by atoms with Crippen molar-refractivity contribution in [1.82, 2.24) is 9.97 Å². The van der Waals surface area contributed by atoms with Gasteiger partial charge in [-0.2, -0.15) is 4.98 Å². The molecule has 7 heteroatoms. The molecule has 7 nitrogen and oxygen atoms in total. The molecular formula is C18H22N4O3. The van der Waals surface area contributed by atoms with Gasteiger partial charge in [-0.1, -0.05) is 18.6 Å². The number of nitro groups is 1. The van der Waals surface area contributed by atoms with E-state index in [0.29, 0.717) is 0 Å². The molecular weight excluding hydrogens is 320 g/mol. The van der Waals surface area contributed by atoms with E-state index in [0.717, 1.165) is 42.5 Å². The zero-order chi connectivity index (χ0) is 17.8. The molecule has 1 aromatic carbocycles. The summed E-state index contributed by atoms with van der Waals surface area (Å²) in [6, 6.07) is 5.76. The van der Waals surface area contributed by atoms with Crippen LogP contribution in [0.4, 0.5) is 17.2 Å². The summed E-state index contributed by atoms with van der Waals surface area (Å²) in [7, 11) is 0. The van der Waals surface area contributed by atoms with Crippen LogP contribution in [0.1, 0.15) is 43.2 Å². The zero-order valence-electron chi connectivity index (χ0n) is 14.5. The lowest BCUT2D eigenvalue weighted by atomic mass is 9.98. The van der Waals surface area contributed by atoms with Crippen LogP contribution < -0.4 is 10.1 Å². The van der Waals surface area contributed by atoms with Gasteiger partial charge in [0.15, 0.2) is 0 Å². The Labute approximate surface area is 146 Å². The molecule has 0 unspecified atom stereocenters. The maximum absolute atomic E-state index is 11.6. The molecule has 25 heavy (non-hydrogen) atoms. The average Bonchev–Trinajstić information content (AvgIpc) is 2.60. The number of benzene rings is 1. The number of hydrogen-bond donors (Lipinski definition) is 1. The van der Waals surface area contributed by atoms with Gasteiger partial charge in [0.25, 0.3) is 5.88 Å². The predicted molar refractivity (Wildman–Crippen MR) is 95.4 cm³/mol. The van der Waals surface area contributed by atoms with Crippen LogP contribution in [0.15, 0.2) is 24.5 Å². The molecule has 0 bridgehead atoms. The quantitative estimate of drug-likeness (QED) is 0.637. The van der Waals surface area contributed by atoms with Gasteiger partial charge >= 0.3 is 5.69 Å². The van der Waals surface area contributed by atoms with Crippen molar-refractivity contribution in [3.05, 3.63) is 45.8 Å². The summed E-state index contributed by atoms with van der Waals surface area (Å²) in [6.45, 7) is 3.96. The number of aryl methyl sites for hydroxylation is 1. The van der Waals surface area contributed by atoms with Gasteiger partial charge < -0.3 is 10.1 Å². The molecule has 1 heterocycles. The monoisotopic (exact) mass is 342 g/mol. The minimum absolute atomic E-state index is 0.0177. The van der Waals surface area contributed by atoms with Crippen molar-refractivity contribution in [3.63, 3.8) is 0 Å². The number of ether oxygens (including phenoxy) is 1. The third-order valence-electron chi connectivity index (χ3n) is 4.66. The zero-order valence-corrected chi connectivity index (χ0v) is 14.5. The maximum atomic E-state index is 11.6. The summed E-state index contributed by atoms with van der Waals surface area (Å²) in [5, 5.41) is 14.7. The van der Waals surface area contributed by atoms with Crippen LogP contribution in [-0.2, 0) is 0 Å². The van der Waals surface area contributed by atoms with Crippen LogP contribution in [-0.4, -0.2) is 21.0 Å². The molecule has 2 aromatic rings. The van der Waals surface area contributed by atoms with E-state index in [2.05, 4.69) is 15.3 Å². The van der Waals surface area contributed by atoms with E-state index in [1.165, 1.54) is 12.7 Å². The van der Waals surface area contributed by atoms with E-state index in [1.807, 2.05) is 32.0 Å². The van der Waals surface area contributed by atoms with Gasteiger partial charge in [0.05, 0.1) is 4.92 Å². The highest BCUT2D eigenvalue weighted by molar-refractivity contribution is 5.70. The summed E-state index contributed by atoms with van der Waals surface area (Å²) in [5.74, 6) is 0.194. The molecule has 3 rings (SSSR count). The smallest absolute Gasteiger partial charge is 0.373 e. The summed E-state index contributed by atoms with van der Waals surface area (Å²) in [5.41, 5.74) is 2.69. The van der Waals surface area contributed by atoms with E-state index < -0.39 is 4.92 Å². The number of nitrogens with zero attached hydrogens (tertiary/aromatic N) is 3. The van der Waals surface area contributed by atoms with E-state index in [-0.39, 0.29) is 23.5 Å². The van der Waals surface area contributed by atoms with Gasteiger partial charge in [-0.15, -0.1) is 0 Å². The summed E-state index contributed by atoms with van der Waals surface area (Å²) < 4.78 is 5.85. The second kappa shape index (κ2) is 7.46. The molecule has 132 valence electrons. The highest BCUT2D eigenvalue weighted by Gasteiger charge is 2.27. The largest absolute Gasteiger partial charge is 0.469 e. The van der Waals surface area contributed by atoms with Crippen LogP contribution >= 0.6 is 0 Å². The topological polar surface area (TPSA) is 90.2 Å². The van der Waals surface area contributed by atoms with Crippen LogP contribution in [0, 0.1) is 24.0 Å². The van der Waals surface area contributed by atoms with E-state index in [9.17, 15) is 10.1 Å². The molecule has 0 atom stereocenters. The predicted octanol–water partition coefficient (Wildman–Crippen LogP) is 4.46. The first-order chi connectivity index (χ1) is 12.1. The van der Waals surface area contributed by atoms with Crippen LogP contribution in [0.5, 0.6) is 5.88 Å². The summed E-state index contributed by atoms with van der Waals surface area (Å²) in [6.07, 6.45) is 6.44. The third kappa shape index (κ3) is 3.87. The van der Waals surface area contributed by atoms with E-state index in [4.69, 9.17) is 4.74 Å². The van der Waals surface area contributed by atoms with Crippen molar-refractivity contribution in [2.75, 3.05) is 5.32 Å². The molecule has 0 aliphatic heterocycles. The molecule has 1 fully saturated rings. The average molecular weight is 342 g/mol. The lowest BCUT2D eigenvalue weighted by molar-refractivity contribution is -0.385. The number of rotatable bonds is 5. The lowest BCUT2D eigenvalue weighted by Crippen LogP contribution is -2.21. The number of hydrogen-bond acceptors (Lipinski definition) is 6. The van der Waals surface area contributed by atoms with E-state index >= 15 is 0 Å². The third-order valence-corrected chi connectivity index (χ3v) is 4.66. The Hall–Kier alpha value is -2.70. The summed E-state index contributed by atoms with van der Waals surface area (Å²) in [4.78, 5) is 19.2. The van der Waals surface area contributed by atoms with Gasteiger partial charge in [-0.25, -0.2) is 4.98 Å². The molecule has 1 aliphatic rings. The van der Waals surface area contributed by atoms with Crippen molar-refractivity contribution >= 4 is 17.2 Å². The number of aromatic nitrogens is 2. The molecule has 0 radical (unpaired) electrons. The highest BCUT2D eigenvalue weighted by atomic mass is 16.6. The molecule has 0 amide bonds. The Bertz CT molecular complexity index is 773. The fourth-order valence-electron chi connectivity index (χ4n) is 3.06. The van der Waals surface area contributed by atoms with Crippen molar-refractivity contribution in [2.45, 2.75) is 52.1 Å². The van der Waals surface area contributed by atoms with Crippen LogP contribution in [0.25, 0.3) is 0 Å². The second-order valence-electron chi connectivity index (χ2n) is 6.38. The lowest BCUT2D eigenvalue weighted by Gasteiger charge is -2.22. The minimum atomic E-state index is -0.481. The first-order valence-electron chi connectivity index (χ1n) is 8.55. The second-order valence-corrected chi connectivity index (χ2v) is 6.38. The molecule has 1 saturated carbocycles. The van der Waals surface area contributed by atoms with Gasteiger partial charge in [-0.3, -0.25) is 10.1 Å². The van der Waals surface area contributed by atoms with Gasteiger partial charge in [-0.05, 0) is 56.7 Å². The van der Waals surface area contributed by atoms with Gasteiger partial charge in [0, 0.05) is 5.69 Å². The van der Waals surface area contributed by atoms with Gasteiger partial charge in [0.1, 0.15) is 12.4 Å². The standard InChI is InChI=1S/C18H22N4O3/c1-12-7-6-10-15(13(12)2)21-17-16(22(23)24)18(20-11-19-17)25-14-8-4-3-5-9-14/h6-7,10-11,14H,3-5,8-9H2,1-2H3,(H,19,20,21). The first kappa shape index (κ1) is 17.1. The molecule has 1 aliphatic carbocycles. The van der Waals surface area contributed by atoms with Crippen molar-refractivity contribution in [2.24, 2.45) is 0 Å². The SMILES string of the molecule is Cc1cccc(Nc2ncnc(OC3CCCCC3)c2[N+](=O)[O-])c1C. The fraction of sp³-hybridized carbons (Fsp3) is 0.444. The normalized spacial score (nSPS) is 15.0. The number of nitrogens with one attached hydrogen (secondary N) is 1. The Balaban J connectivity index is 1.92. The maximum Gasteiger partial charge on any atom is 0.373 e. The van der Waals surface area contributed by atoms with E-state index in [1.54, 1.807) is 0 Å². The van der Waals surface area contributed by atoms with Crippen LogP contribution in [0.2, 0.25) is 0 Å². The summed E-state index contributed by atoms with van der Waals surface area (Å²) >= 11 is 0. The molecule has 0 spiro atoms. The Morgan fingerprint density at radius 2 is 1.96 bits per heavy atom. The minimum Gasteiger partial charge on any atom is -0.469 e. The van der Waals surface area contributed by atoms with Crippen LogP contribution in [0.3, 0.4) is 0 Å². The fourth-order valence-corrected chi connectivity index (χ4v) is 3.06. The van der Waals surface area contributed by atoms with Crippen molar-refractivity contribution in [3.8, 4) is 5.88 Å². The van der Waals surface area contributed by atoms with Crippen molar-refractivity contribution < 1.29 is 9.66 Å². The first-order valence-corrected chi connectivity index (χ1v) is 8.55. The molecule has 1 aromatic heterocycles. The number of anilines is 2. The molecule has 1 N–H and O–H groups in total. The Morgan fingerprint density at radius 1 is 1.20 bits per heavy atom. The Kier molecular flexibility index (Phi) is 5.11. The van der Waals surface area contributed by atoms with Gasteiger partial charge in [0.2, 0.25) is 5.82 Å². The highest BCUT2D eigenvalue weighted by Crippen LogP contribution is 2.35. The van der Waals surface area contributed by atoms with Crippen molar-refractivity contribution in [1.29, 1.82) is 0 Å². The Morgan fingerprint density at radius 3 is 2.68 bits per heavy atom. The molecule has 0 saturated heterocycles.